The van der Waals surface area contributed by atoms with Crippen molar-refractivity contribution in [3.63, 3.8) is 0 Å². The van der Waals surface area contributed by atoms with Crippen LogP contribution in [0.1, 0.15) is 31.0 Å². The first-order valence-electron chi connectivity index (χ1n) is 10.8. The Hall–Kier alpha value is -2.75. The molecule has 0 aliphatic carbocycles. The Morgan fingerprint density at radius 2 is 2.03 bits per heavy atom. The molecule has 1 amide bonds. The Morgan fingerprint density at radius 3 is 2.77 bits per heavy atom. The van der Waals surface area contributed by atoms with Gasteiger partial charge in [-0.05, 0) is 68.1 Å². The molecule has 0 aromatic heterocycles. The number of thioether (sulfide) groups is 1. The number of hydrogen-bond donors (Lipinski definition) is 1. The van der Waals surface area contributed by atoms with Crippen LogP contribution in [0.25, 0.3) is 0 Å². The molecule has 0 radical (unpaired) electrons. The summed E-state index contributed by atoms with van der Waals surface area (Å²) in [6.07, 6.45) is 1.85. The minimum absolute atomic E-state index is 0.222. The summed E-state index contributed by atoms with van der Waals surface area (Å²) >= 11 is 11.2. The molecule has 2 heterocycles. The predicted octanol–water partition coefficient (Wildman–Crippen LogP) is 6.20. The number of nitrogens with one attached hydrogen (secondary N) is 1. The van der Waals surface area contributed by atoms with E-state index in [9.17, 15) is 9.59 Å². The van der Waals surface area contributed by atoms with Gasteiger partial charge in [0.15, 0.2) is 11.8 Å². The lowest BCUT2D eigenvalue weighted by Crippen LogP contribution is -2.34. The molecule has 10 heteroatoms. The fourth-order valence-electron chi connectivity index (χ4n) is 3.84. The number of carbonyl (C=O) groups excluding carboxylic acids is 2. The zero-order chi connectivity index (χ0) is 25.1. The number of benzene rings is 2. The molecule has 0 unspecified atom stereocenters. The van der Waals surface area contributed by atoms with Gasteiger partial charge < -0.3 is 19.7 Å². The van der Waals surface area contributed by atoms with Crippen LogP contribution >= 0.6 is 39.3 Å². The number of hydrogen-bond acceptors (Lipinski definition) is 7. The number of amides is 1. The Morgan fingerprint density at radius 1 is 1.23 bits per heavy atom. The molecule has 2 aliphatic heterocycles. The maximum atomic E-state index is 13.0. The minimum Gasteiger partial charge on any atom is -0.483 e. The van der Waals surface area contributed by atoms with Gasteiger partial charge in [0.2, 0.25) is 0 Å². The summed E-state index contributed by atoms with van der Waals surface area (Å²) in [5.74, 6) is -0.336. The van der Waals surface area contributed by atoms with Gasteiger partial charge in [0.25, 0.3) is 5.91 Å². The first-order valence-corrected chi connectivity index (χ1v) is 12.9. The lowest BCUT2D eigenvalue weighted by atomic mass is 9.94. The van der Waals surface area contributed by atoms with Crippen LogP contribution in [0.5, 0.6) is 5.75 Å². The highest BCUT2D eigenvalue weighted by molar-refractivity contribution is 9.10. The topological polar surface area (TPSA) is 80.2 Å². The van der Waals surface area contributed by atoms with Crippen molar-refractivity contribution < 1.29 is 19.1 Å². The quantitative estimate of drug-likeness (QED) is 0.396. The van der Waals surface area contributed by atoms with E-state index in [4.69, 9.17) is 21.1 Å². The molecule has 0 spiro atoms. The second-order valence-electron chi connectivity index (χ2n) is 7.80. The monoisotopic (exact) mass is 575 g/mol. The number of nitrogens with zero attached hydrogens (tertiary/aromatic N) is 2. The summed E-state index contributed by atoms with van der Waals surface area (Å²) in [6, 6.07) is 10.2. The van der Waals surface area contributed by atoms with Crippen molar-refractivity contribution in [2.45, 2.75) is 26.8 Å². The average molecular weight is 577 g/mol. The van der Waals surface area contributed by atoms with Gasteiger partial charge in [0.1, 0.15) is 5.75 Å². The van der Waals surface area contributed by atoms with Crippen LogP contribution in [-0.2, 0) is 14.3 Å². The van der Waals surface area contributed by atoms with Gasteiger partial charge in [0.05, 0.1) is 23.9 Å². The fourth-order valence-corrected chi connectivity index (χ4v) is 5.29. The first-order chi connectivity index (χ1) is 16.8. The van der Waals surface area contributed by atoms with Crippen molar-refractivity contribution in [2.75, 3.05) is 18.5 Å². The van der Waals surface area contributed by atoms with Crippen molar-refractivity contribution in [3.8, 4) is 5.75 Å². The molecule has 0 saturated carbocycles. The zero-order valence-electron chi connectivity index (χ0n) is 19.3. The molecule has 0 saturated heterocycles. The number of rotatable bonds is 7. The number of aryl methyl sites for hydroxylation is 1. The number of aliphatic imine (C=N–C) groups is 1. The Labute approximate surface area is 221 Å². The van der Waals surface area contributed by atoms with Crippen LogP contribution in [0, 0.1) is 6.92 Å². The van der Waals surface area contributed by atoms with Crippen molar-refractivity contribution in [2.24, 2.45) is 4.99 Å². The average Bonchev–Trinajstić information content (AvgIpc) is 3.27. The lowest BCUT2D eigenvalue weighted by Gasteiger charge is -2.34. The van der Waals surface area contributed by atoms with Gasteiger partial charge in [-0.25, -0.2) is 9.79 Å². The normalized spacial score (nSPS) is 16.7. The maximum absolute atomic E-state index is 13.0. The third kappa shape index (κ3) is 5.58. The first kappa shape index (κ1) is 25.3. The molecule has 35 heavy (non-hydrogen) atoms. The molecule has 0 bridgehead atoms. The van der Waals surface area contributed by atoms with Crippen LogP contribution in [0.2, 0.25) is 5.02 Å². The SMILES string of the molecule is CCOC(=O)C1=C(C)N=C2SC=CN2[C@@H]1c1cc(Cl)ccc1OCC(=O)Nc1ccc(Br)cc1C. The van der Waals surface area contributed by atoms with Crippen molar-refractivity contribution in [3.05, 3.63) is 79.9 Å². The number of amidine groups is 1. The molecule has 2 aromatic carbocycles. The summed E-state index contributed by atoms with van der Waals surface area (Å²) in [4.78, 5) is 32.1. The van der Waals surface area contributed by atoms with E-state index < -0.39 is 12.0 Å². The molecule has 182 valence electrons. The summed E-state index contributed by atoms with van der Waals surface area (Å²) < 4.78 is 12.2. The summed E-state index contributed by atoms with van der Waals surface area (Å²) in [5, 5.41) is 5.97. The third-order valence-corrected chi connectivity index (χ3v) is 6.90. The van der Waals surface area contributed by atoms with Crippen LogP contribution in [0.15, 0.2) is 68.7 Å². The van der Waals surface area contributed by atoms with E-state index in [1.165, 1.54) is 11.8 Å². The number of anilines is 1. The molecule has 1 N–H and O–H groups in total. The third-order valence-electron chi connectivity index (χ3n) is 5.40. The van der Waals surface area contributed by atoms with Crippen LogP contribution < -0.4 is 10.1 Å². The van der Waals surface area contributed by atoms with Gasteiger partial charge in [0, 0.05) is 26.9 Å². The van der Waals surface area contributed by atoms with Crippen LogP contribution in [0.3, 0.4) is 0 Å². The van der Waals surface area contributed by atoms with Gasteiger partial charge >= 0.3 is 5.97 Å². The Bertz CT molecular complexity index is 1280. The second-order valence-corrected chi connectivity index (χ2v) is 10.0. The van der Waals surface area contributed by atoms with Crippen LogP contribution in [0.4, 0.5) is 5.69 Å². The zero-order valence-corrected chi connectivity index (χ0v) is 22.5. The number of ether oxygens (including phenoxy) is 2. The van der Waals surface area contributed by atoms with E-state index >= 15 is 0 Å². The van der Waals surface area contributed by atoms with E-state index in [1.54, 1.807) is 32.0 Å². The minimum atomic E-state index is -0.571. The number of carbonyl (C=O) groups is 2. The summed E-state index contributed by atoms with van der Waals surface area (Å²) in [5.41, 5.74) is 3.21. The van der Waals surface area contributed by atoms with E-state index in [2.05, 4.69) is 26.2 Å². The molecule has 0 fully saturated rings. The highest BCUT2D eigenvalue weighted by Crippen LogP contribution is 2.44. The maximum Gasteiger partial charge on any atom is 0.338 e. The van der Waals surface area contributed by atoms with Gasteiger partial charge in [-0.3, -0.25) is 4.79 Å². The molecular weight excluding hydrogens is 554 g/mol. The smallest absolute Gasteiger partial charge is 0.338 e. The van der Waals surface area contributed by atoms with E-state index in [1.807, 2.05) is 41.6 Å². The van der Waals surface area contributed by atoms with Gasteiger partial charge in [-0.15, -0.1) is 0 Å². The van der Waals surface area contributed by atoms with E-state index in [-0.39, 0.29) is 19.1 Å². The fraction of sp³-hybridized carbons (Fsp3) is 0.240. The Balaban J connectivity index is 1.63. The van der Waals surface area contributed by atoms with Crippen LogP contribution in [-0.4, -0.2) is 35.2 Å². The largest absolute Gasteiger partial charge is 0.483 e. The van der Waals surface area contributed by atoms with Gasteiger partial charge in [-0.2, -0.15) is 0 Å². The molecule has 2 aromatic rings. The number of allylic oxidation sites excluding steroid dienone is 1. The molecule has 7 nitrogen and oxygen atoms in total. The Kier molecular flexibility index (Phi) is 7.88. The van der Waals surface area contributed by atoms with Crippen molar-refractivity contribution >= 4 is 62.0 Å². The predicted molar refractivity (Wildman–Crippen MR) is 143 cm³/mol. The number of esters is 1. The highest BCUT2D eigenvalue weighted by Gasteiger charge is 2.39. The molecule has 4 rings (SSSR count). The molecule has 2 aliphatic rings. The molecule has 1 atom stereocenters. The number of halogens is 2. The lowest BCUT2D eigenvalue weighted by molar-refractivity contribution is -0.139. The van der Waals surface area contributed by atoms with Crippen molar-refractivity contribution in [1.82, 2.24) is 4.90 Å². The molecular formula is C25H23BrClN3O4S. The standard InChI is InChI=1S/C25H23BrClN3O4S/c1-4-33-24(32)22-15(3)28-25-30(9-10-35-25)23(22)18-12-17(27)6-8-20(18)34-13-21(31)29-19-7-5-16(26)11-14(19)2/h5-12,23H,4,13H2,1-3H3,(H,29,31)/t23-/m1/s1. The highest BCUT2D eigenvalue weighted by atomic mass is 79.9. The number of fused-ring (bicyclic) bond motifs is 1. The summed E-state index contributed by atoms with van der Waals surface area (Å²) in [6.45, 7) is 5.46. The van der Waals surface area contributed by atoms with Gasteiger partial charge in [-0.1, -0.05) is 39.3 Å². The summed E-state index contributed by atoms with van der Waals surface area (Å²) in [7, 11) is 0. The van der Waals surface area contributed by atoms with E-state index in [0.717, 1.165) is 15.2 Å². The second kappa shape index (κ2) is 10.9. The van der Waals surface area contributed by atoms with Crippen molar-refractivity contribution in [1.29, 1.82) is 0 Å². The van der Waals surface area contributed by atoms with E-state index in [0.29, 0.717) is 33.3 Å².